The summed E-state index contributed by atoms with van der Waals surface area (Å²) in [6.07, 6.45) is -4.35. The van der Waals surface area contributed by atoms with Crippen molar-refractivity contribution >= 4 is 11.7 Å². The minimum absolute atomic E-state index is 0.00180. The number of hydrogen-bond donors (Lipinski definition) is 2. The van der Waals surface area contributed by atoms with Crippen LogP contribution >= 0.6 is 0 Å². The summed E-state index contributed by atoms with van der Waals surface area (Å²) >= 11 is 0. The highest BCUT2D eigenvalue weighted by atomic mass is 19.4. The Balaban J connectivity index is 1.81. The first kappa shape index (κ1) is 20.4. The highest BCUT2D eigenvalue weighted by Crippen LogP contribution is 2.33. The van der Waals surface area contributed by atoms with Gasteiger partial charge >= 0.3 is 6.18 Å². The summed E-state index contributed by atoms with van der Waals surface area (Å²) in [5, 5.41) is 4.95. The summed E-state index contributed by atoms with van der Waals surface area (Å²) in [5.74, 6) is -3.10. The number of pyridine rings is 1. The SMILES string of the molecule is CC(Oc1ccc(F)c(F)c1)C(=O)NCCNc1ncccc1C(F)(F)F. The van der Waals surface area contributed by atoms with E-state index in [-0.39, 0.29) is 24.7 Å². The van der Waals surface area contributed by atoms with Crippen LogP contribution in [0.5, 0.6) is 5.75 Å². The molecule has 27 heavy (non-hydrogen) atoms. The monoisotopic (exact) mass is 389 g/mol. The standard InChI is InChI=1S/C17H16F5N3O2/c1-10(27-11-4-5-13(18)14(19)9-11)16(26)25-8-7-24-15-12(17(20,21)22)3-2-6-23-15/h2-6,9-10H,7-8H2,1H3,(H,23,24)(H,25,26). The third kappa shape index (κ3) is 5.80. The second-order valence-corrected chi connectivity index (χ2v) is 5.45. The third-order valence-corrected chi connectivity index (χ3v) is 3.40. The Morgan fingerprint density at radius 2 is 1.93 bits per heavy atom. The Hall–Kier alpha value is -2.91. The van der Waals surface area contributed by atoms with E-state index in [1.54, 1.807) is 0 Å². The molecule has 0 spiro atoms. The molecule has 0 aliphatic heterocycles. The zero-order valence-corrected chi connectivity index (χ0v) is 14.1. The van der Waals surface area contributed by atoms with Crippen LogP contribution in [0.25, 0.3) is 0 Å². The number of ether oxygens (including phenoxy) is 1. The number of carbonyl (C=O) groups is 1. The van der Waals surface area contributed by atoms with Crippen LogP contribution < -0.4 is 15.4 Å². The number of hydrogen-bond acceptors (Lipinski definition) is 4. The maximum Gasteiger partial charge on any atom is 0.419 e. The molecule has 0 aliphatic carbocycles. The van der Waals surface area contributed by atoms with Gasteiger partial charge in [0.25, 0.3) is 5.91 Å². The van der Waals surface area contributed by atoms with Crippen molar-refractivity contribution in [2.45, 2.75) is 19.2 Å². The predicted molar refractivity (Wildman–Crippen MR) is 87.2 cm³/mol. The maximum atomic E-state index is 13.1. The van der Waals surface area contributed by atoms with E-state index in [1.165, 1.54) is 25.3 Å². The number of alkyl halides is 3. The molecule has 10 heteroatoms. The molecule has 1 heterocycles. The minimum Gasteiger partial charge on any atom is -0.481 e. The van der Waals surface area contributed by atoms with Crippen molar-refractivity contribution in [3.8, 4) is 5.75 Å². The molecule has 1 unspecified atom stereocenters. The van der Waals surface area contributed by atoms with Crippen LogP contribution in [0, 0.1) is 11.6 Å². The molecule has 0 saturated heterocycles. The number of nitrogens with one attached hydrogen (secondary N) is 2. The fourth-order valence-corrected chi connectivity index (χ4v) is 2.09. The fraction of sp³-hybridized carbons (Fsp3) is 0.294. The van der Waals surface area contributed by atoms with Gasteiger partial charge in [-0.3, -0.25) is 4.79 Å². The number of amides is 1. The fourth-order valence-electron chi connectivity index (χ4n) is 2.09. The lowest BCUT2D eigenvalue weighted by atomic mass is 10.2. The van der Waals surface area contributed by atoms with Crippen LogP contribution in [0.4, 0.5) is 27.8 Å². The molecule has 146 valence electrons. The lowest BCUT2D eigenvalue weighted by molar-refractivity contribution is -0.137. The van der Waals surface area contributed by atoms with Gasteiger partial charge in [0.1, 0.15) is 11.6 Å². The number of anilines is 1. The van der Waals surface area contributed by atoms with Crippen LogP contribution in [-0.4, -0.2) is 30.1 Å². The minimum atomic E-state index is -4.55. The van der Waals surface area contributed by atoms with Gasteiger partial charge in [-0.2, -0.15) is 13.2 Å². The van der Waals surface area contributed by atoms with Gasteiger partial charge in [0, 0.05) is 25.4 Å². The smallest absolute Gasteiger partial charge is 0.419 e. The number of carbonyl (C=O) groups excluding carboxylic acids is 1. The highest BCUT2D eigenvalue weighted by molar-refractivity contribution is 5.80. The Bertz CT molecular complexity index is 798. The Morgan fingerprint density at radius 1 is 1.19 bits per heavy atom. The zero-order valence-electron chi connectivity index (χ0n) is 14.1. The molecule has 1 amide bonds. The Labute approximate surface area is 151 Å². The van der Waals surface area contributed by atoms with Crippen LogP contribution in [0.2, 0.25) is 0 Å². The van der Waals surface area contributed by atoms with Gasteiger partial charge < -0.3 is 15.4 Å². The van der Waals surface area contributed by atoms with Crippen molar-refractivity contribution < 1.29 is 31.5 Å². The van der Waals surface area contributed by atoms with E-state index in [9.17, 15) is 26.7 Å². The topological polar surface area (TPSA) is 63.2 Å². The van der Waals surface area contributed by atoms with Gasteiger partial charge in [0.2, 0.25) is 0 Å². The molecule has 0 radical (unpaired) electrons. The average Bonchev–Trinajstić information content (AvgIpc) is 2.61. The molecule has 1 atom stereocenters. The molecule has 5 nitrogen and oxygen atoms in total. The van der Waals surface area contributed by atoms with Gasteiger partial charge in [-0.05, 0) is 31.2 Å². The van der Waals surface area contributed by atoms with E-state index >= 15 is 0 Å². The van der Waals surface area contributed by atoms with E-state index in [4.69, 9.17) is 4.74 Å². The molecule has 2 N–H and O–H groups in total. The Morgan fingerprint density at radius 3 is 2.59 bits per heavy atom. The summed E-state index contributed by atoms with van der Waals surface area (Å²) in [5.41, 5.74) is -0.911. The number of rotatable bonds is 7. The van der Waals surface area contributed by atoms with Crippen LogP contribution in [0.3, 0.4) is 0 Å². The van der Waals surface area contributed by atoms with E-state index in [0.717, 1.165) is 18.2 Å². The summed E-state index contributed by atoms with van der Waals surface area (Å²) in [7, 11) is 0. The summed E-state index contributed by atoms with van der Waals surface area (Å²) < 4.78 is 69.7. The molecule has 0 aliphatic rings. The second-order valence-electron chi connectivity index (χ2n) is 5.45. The van der Waals surface area contributed by atoms with Crippen molar-refractivity contribution in [1.29, 1.82) is 0 Å². The summed E-state index contributed by atoms with van der Waals surface area (Å²) in [4.78, 5) is 15.5. The quantitative estimate of drug-likeness (QED) is 0.563. The summed E-state index contributed by atoms with van der Waals surface area (Å²) in [6, 6.07) is 4.91. The van der Waals surface area contributed by atoms with E-state index in [1.807, 2.05) is 0 Å². The van der Waals surface area contributed by atoms with E-state index < -0.39 is 35.4 Å². The number of nitrogens with zero attached hydrogens (tertiary/aromatic N) is 1. The van der Waals surface area contributed by atoms with Crippen LogP contribution in [0.15, 0.2) is 36.5 Å². The molecule has 1 aromatic carbocycles. The molecule has 1 aromatic heterocycles. The van der Waals surface area contributed by atoms with Crippen molar-refractivity contribution in [2.75, 3.05) is 18.4 Å². The summed E-state index contributed by atoms with van der Waals surface area (Å²) in [6.45, 7) is 1.38. The van der Waals surface area contributed by atoms with Gasteiger partial charge in [0.15, 0.2) is 17.7 Å². The molecular formula is C17H16F5N3O2. The first-order valence-electron chi connectivity index (χ1n) is 7.84. The lowest BCUT2D eigenvalue weighted by Gasteiger charge is -2.16. The normalized spacial score (nSPS) is 12.4. The molecule has 2 rings (SSSR count). The van der Waals surface area contributed by atoms with Crippen LogP contribution in [0.1, 0.15) is 12.5 Å². The molecule has 0 fully saturated rings. The maximum absolute atomic E-state index is 13.1. The highest BCUT2D eigenvalue weighted by Gasteiger charge is 2.33. The first-order valence-corrected chi connectivity index (χ1v) is 7.84. The van der Waals surface area contributed by atoms with Gasteiger partial charge in [-0.1, -0.05) is 0 Å². The van der Waals surface area contributed by atoms with Gasteiger partial charge in [-0.25, -0.2) is 13.8 Å². The molecule has 0 saturated carbocycles. The van der Waals surface area contributed by atoms with Gasteiger partial charge in [0.05, 0.1) is 5.56 Å². The zero-order chi connectivity index (χ0) is 20.0. The van der Waals surface area contributed by atoms with Crippen LogP contribution in [-0.2, 0) is 11.0 Å². The number of benzene rings is 1. The van der Waals surface area contributed by atoms with Crippen molar-refractivity contribution in [1.82, 2.24) is 10.3 Å². The first-order chi connectivity index (χ1) is 12.7. The molecule has 2 aromatic rings. The average molecular weight is 389 g/mol. The van der Waals surface area contributed by atoms with E-state index in [0.29, 0.717) is 0 Å². The van der Waals surface area contributed by atoms with Gasteiger partial charge in [-0.15, -0.1) is 0 Å². The molecule has 0 bridgehead atoms. The van der Waals surface area contributed by atoms with E-state index in [2.05, 4.69) is 15.6 Å². The lowest BCUT2D eigenvalue weighted by Crippen LogP contribution is -2.38. The van der Waals surface area contributed by atoms with Crippen molar-refractivity contribution in [3.05, 3.63) is 53.7 Å². The number of halogens is 5. The predicted octanol–water partition coefficient (Wildman–Crippen LogP) is 3.37. The molecular weight excluding hydrogens is 373 g/mol. The number of aromatic nitrogens is 1. The Kier molecular flexibility index (Phi) is 6.54. The second kappa shape index (κ2) is 8.65. The third-order valence-electron chi connectivity index (χ3n) is 3.40. The van der Waals surface area contributed by atoms with Crippen molar-refractivity contribution in [3.63, 3.8) is 0 Å². The van der Waals surface area contributed by atoms with Crippen molar-refractivity contribution in [2.24, 2.45) is 0 Å². The largest absolute Gasteiger partial charge is 0.481 e.